The molecule has 0 spiro atoms. The van der Waals surface area contributed by atoms with Crippen LogP contribution in [-0.2, 0) is 0 Å². The van der Waals surface area contributed by atoms with Gasteiger partial charge in [0.2, 0.25) is 0 Å². The summed E-state index contributed by atoms with van der Waals surface area (Å²) in [5.41, 5.74) is 5.33. The number of anilines is 1. The number of amides is 1. The van der Waals surface area contributed by atoms with Gasteiger partial charge < -0.3 is 5.32 Å². The predicted octanol–water partition coefficient (Wildman–Crippen LogP) is 5.91. The summed E-state index contributed by atoms with van der Waals surface area (Å²) in [6.07, 6.45) is 5.09. The van der Waals surface area contributed by atoms with Crippen LogP contribution in [-0.4, -0.2) is 30.5 Å². The fraction of sp³-hybridized carbons (Fsp3) is 0. The van der Waals surface area contributed by atoms with E-state index >= 15 is 0 Å². The molecule has 168 valence electrons. The Hall–Kier alpha value is -4.62. The van der Waals surface area contributed by atoms with Crippen molar-refractivity contribution in [2.75, 3.05) is 5.32 Å². The van der Waals surface area contributed by atoms with Crippen LogP contribution >= 0.6 is 11.6 Å². The molecule has 0 fully saturated rings. The molecule has 6 rings (SSSR count). The zero-order chi connectivity index (χ0) is 23.8. The zero-order valence-corrected chi connectivity index (χ0v) is 19.0. The molecule has 8 heteroatoms. The molecular weight excluding hydrogens is 460 g/mol. The van der Waals surface area contributed by atoms with Crippen LogP contribution in [0.2, 0.25) is 5.02 Å². The number of hydrogen-bond donors (Lipinski definition) is 1. The van der Waals surface area contributed by atoms with Gasteiger partial charge in [-0.3, -0.25) is 9.78 Å². The number of rotatable bonds is 4. The number of halogens is 1. The second-order valence-electron chi connectivity index (χ2n) is 7.90. The van der Waals surface area contributed by atoms with Crippen LogP contribution in [0.3, 0.4) is 0 Å². The highest BCUT2D eigenvalue weighted by Crippen LogP contribution is 2.33. The van der Waals surface area contributed by atoms with E-state index in [-0.39, 0.29) is 5.91 Å². The smallest absolute Gasteiger partial charge is 0.256 e. The summed E-state index contributed by atoms with van der Waals surface area (Å²) in [6.45, 7) is 0. The summed E-state index contributed by atoms with van der Waals surface area (Å²) < 4.78 is 1.78. The fourth-order valence-electron chi connectivity index (χ4n) is 4.01. The van der Waals surface area contributed by atoms with Gasteiger partial charge in [-0.1, -0.05) is 29.8 Å². The summed E-state index contributed by atoms with van der Waals surface area (Å²) in [5.74, 6) is 0.168. The van der Waals surface area contributed by atoms with Gasteiger partial charge in [0.1, 0.15) is 11.5 Å². The van der Waals surface area contributed by atoms with Crippen molar-refractivity contribution in [2.45, 2.75) is 0 Å². The van der Waals surface area contributed by atoms with Crippen LogP contribution in [0.5, 0.6) is 0 Å². The molecule has 0 saturated carbocycles. The monoisotopic (exact) mass is 476 g/mol. The van der Waals surface area contributed by atoms with E-state index in [1.807, 2.05) is 72.8 Å². The molecule has 0 unspecified atom stereocenters. The molecule has 0 radical (unpaired) electrons. The van der Waals surface area contributed by atoms with E-state index in [4.69, 9.17) is 16.6 Å². The average molecular weight is 477 g/mol. The first-order valence-electron chi connectivity index (χ1n) is 10.9. The van der Waals surface area contributed by atoms with E-state index in [0.29, 0.717) is 22.1 Å². The molecule has 2 aromatic carbocycles. The first kappa shape index (κ1) is 20.9. The second kappa shape index (κ2) is 8.62. The maximum atomic E-state index is 13.0. The fourth-order valence-corrected chi connectivity index (χ4v) is 4.13. The second-order valence-corrected chi connectivity index (χ2v) is 8.34. The minimum atomic E-state index is -0.255. The summed E-state index contributed by atoms with van der Waals surface area (Å²) >= 11 is 6.10. The zero-order valence-electron chi connectivity index (χ0n) is 18.3. The lowest BCUT2D eigenvalue weighted by Crippen LogP contribution is -2.13. The minimum Gasteiger partial charge on any atom is -0.307 e. The van der Waals surface area contributed by atoms with Crippen molar-refractivity contribution in [1.29, 1.82) is 0 Å². The maximum absolute atomic E-state index is 13.0. The minimum absolute atomic E-state index is 0.255. The van der Waals surface area contributed by atoms with Crippen molar-refractivity contribution in [3.8, 4) is 22.5 Å². The number of benzene rings is 2. The molecule has 1 amide bonds. The molecule has 0 aliphatic carbocycles. The molecule has 6 aromatic rings. The van der Waals surface area contributed by atoms with Gasteiger partial charge >= 0.3 is 0 Å². The van der Waals surface area contributed by atoms with Gasteiger partial charge in [-0.25, -0.2) is 14.5 Å². The summed E-state index contributed by atoms with van der Waals surface area (Å²) in [6, 6.07) is 24.1. The van der Waals surface area contributed by atoms with Gasteiger partial charge in [0.15, 0.2) is 5.65 Å². The van der Waals surface area contributed by atoms with Gasteiger partial charge in [0.05, 0.1) is 11.2 Å². The van der Waals surface area contributed by atoms with Crippen LogP contribution in [0.4, 0.5) is 5.82 Å². The largest absolute Gasteiger partial charge is 0.307 e. The standard InChI is InChI=1S/C27H17ClN6O/c28-21-8-5-17(6-9-21)25-26(34-24(33-25)4-2-13-31-34)19-11-14-30-23(16-19)32-27(35)20-7-10-22-18(15-20)3-1-12-29-22/h1-16H,(H,30,32,35). The van der Waals surface area contributed by atoms with Crippen LogP contribution in [0.15, 0.2) is 97.5 Å². The highest BCUT2D eigenvalue weighted by molar-refractivity contribution is 6.30. The molecule has 0 bridgehead atoms. The predicted molar refractivity (Wildman–Crippen MR) is 136 cm³/mol. The highest BCUT2D eigenvalue weighted by atomic mass is 35.5. The van der Waals surface area contributed by atoms with E-state index < -0.39 is 0 Å². The Morgan fingerprint density at radius 1 is 0.829 bits per heavy atom. The van der Waals surface area contributed by atoms with E-state index in [2.05, 4.69) is 20.4 Å². The lowest BCUT2D eigenvalue weighted by Gasteiger charge is -2.09. The number of nitrogens with zero attached hydrogens (tertiary/aromatic N) is 5. The van der Waals surface area contributed by atoms with Crippen molar-refractivity contribution in [3.05, 3.63) is 108 Å². The van der Waals surface area contributed by atoms with E-state index in [1.165, 1.54) is 0 Å². The highest BCUT2D eigenvalue weighted by Gasteiger charge is 2.18. The molecule has 4 heterocycles. The maximum Gasteiger partial charge on any atom is 0.256 e. The summed E-state index contributed by atoms with van der Waals surface area (Å²) in [5, 5.41) is 8.95. The normalized spacial score (nSPS) is 11.1. The van der Waals surface area contributed by atoms with Crippen molar-refractivity contribution in [3.63, 3.8) is 0 Å². The van der Waals surface area contributed by atoms with Crippen molar-refractivity contribution >= 4 is 39.9 Å². The quantitative estimate of drug-likeness (QED) is 0.341. The van der Waals surface area contributed by atoms with Gasteiger partial charge in [0, 0.05) is 45.7 Å². The first-order valence-corrected chi connectivity index (χ1v) is 11.3. The van der Waals surface area contributed by atoms with E-state index in [9.17, 15) is 4.79 Å². The Balaban J connectivity index is 1.39. The van der Waals surface area contributed by atoms with Crippen LogP contribution < -0.4 is 5.32 Å². The number of pyridine rings is 2. The third kappa shape index (κ3) is 3.98. The number of carbonyl (C=O) groups is 1. The number of aromatic nitrogens is 5. The molecular formula is C27H17ClN6O. The molecule has 0 atom stereocenters. The topological polar surface area (TPSA) is 85.1 Å². The van der Waals surface area contributed by atoms with Gasteiger partial charge in [0.25, 0.3) is 5.91 Å². The average Bonchev–Trinajstić information content (AvgIpc) is 3.28. The first-order chi connectivity index (χ1) is 17.2. The summed E-state index contributed by atoms with van der Waals surface area (Å²) in [4.78, 5) is 26.4. The number of fused-ring (bicyclic) bond motifs is 2. The van der Waals surface area contributed by atoms with Crippen molar-refractivity contribution in [1.82, 2.24) is 24.6 Å². The molecule has 4 aromatic heterocycles. The third-order valence-corrected chi connectivity index (χ3v) is 5.90. The Labute approximate surface area is 205 Å². The van der Waals surface area contributed by atoms with Crippen molar-refractivity contribution in [2.24, 2.45) is 0 Å². The summed E-state index contributed by atoms with van der Waals surface area (Å²) in [7, 11) is 0. The van der Waals surface area contributed by atoms with Crippen LogP contribution in [0.1, 0.15) is 10.4 Å². The molecule has 7 nitrogen and oxygen atoms in total. The van der Waals surface area contributed by atoms with Crippen LogP contribution in [0, 0.1) is 0 Å². The number of hydrogen-bond acceptors (Lipinski definition) is 5. The Bertz CT molecular complexity index is 1710. The third-order valence-electron chi connectivity index (χ3n) is 5.65. The molecule has 0 saturated heterocycles. The molecule has 35 heavy (non-hydrogen) atoms. The van der Waals surface area contributed by atoms with Gasteiger partial charge in [-0.15, -0.1) is 0 Å². The van der Waals surface area contributed by atoms with Gasteiger partial charge in [-0.2, -0.15) is 5.10 Å². The molecule has 0 aliphatic rings. The van der Waals surface area contributed by atoms with E-state index in [0.717, 1.165) is 33.4 Å². The number of imidazole rings is 1. The Morgan fingerprint density at radius 3 is 2.57 bits per heavy atom. The van der Waals surface area contributed by atoms with Gasteiger partial charge in [-0.05, 0) is 60.7 Å². The number of carbonyl (C=O) groups excluding carboxylic acids is 1. The molecule has 0 aliphatic heterocycles. The lowest BCUT2D eigenvalue weighted by atomic mass is 10.1. The van der Waals surface area contributed by atoms with E-state index in [1.54, 1.807) is 29.2 Å². The molecule has 1 N–H and O–H groups in total. The Kier molecular flexibility index (Phi) is 5.16. The lowest BCUT2D eigenvalue weighted by molar-refractivity contribution is 0.102. The number of nitrogens with one attached hydrogen (secondary N) is 1. The SMILES string of the molecule is O=C(Nc1cc(-c2c(-c3ccc(Cl)cc3)nc3cccnn23)ccn1)c1ccc2ncccc2c1. The van der Waals surface area contributed by atoms with Crippen LogP contribution in [0.25, 0.3) is 39.1 Å². The Morgan fingerprint density at radius 2 is 1.69 bits per heavy atom. The van der Waals surface area contributed by atoms with Crippen molar-refractivity contribution < 1.29 is 4.79 Å².